The minimum absolute atomic E-state index is 0.0267. The van der Waals surface area contributed by atoms with Gasteiger partial charge in [0.1, 0.15) is 0 Å². The minimum atomic E-state index is -0.178. The molecule has 0 fully saturated rings. The molecule has 0 aliphatic rings. The number of aromatic nitrogens is 1. The number of hydrogen-bond acceptors (Lipinski definition) is 5. The van der Waals surface area contributed by atoms with E-state index < -0.39 is 0 Å². The zero-order chi connectivity index (χ0) is 15.2. The lowest BCUT2D eigenvalue weighted by molar-refractivity contribution is -0.116. The molecule has 0 saturated heterocycles. The average molecular weight is 299 g/mol. The number of hydrogen-bond donors (Lipinski definition) is 1. The summed E-state index contributed by atoms with van der Waals surface area (Å²) in [5, 5.41) is 6.09. The van der Waals surface area contributed by atoms with Gasteiger partial charge in [0.2, 0.25) is 5.91 Å². The number of ether oxygens (including phenoxy) is 1. The summed E-state index contributed by atoms with van der Waals surface area (Å²) in [6.07, 6.45) is 0. The monoisotopic (exact) mass is 299 g/mol. The summed E-state index contributed by atoms with van der Waals surface area (Å²) in [6, 6.07) is 0. The molecule has 0 aliphatic heterocycles. The van der Waals surface area contributed by atoms with Crippen LogP contribution in [0.2, 0.25) is 0 Å². The van der Waals surface area contributed by atoms with Crippen LogP contribution in [0.15, 0.2) is 5.38 Å². The number of nitrogens with zero attached hydrogens (tertiary/aromatic N) is 2. The van der Waals surface area contributed by atoms with Gasteiger partial charge in [-0.05, 0) is 27.7 Å². The van der Waals surface area contributed by atoms with Gasteiger partial charge in [-0.1, -0.05) is 0 Å². The van der Waals surface area contributed by atoms with E-state index in [9.17, 15) is 4.79 Å². The van der Waals surface area contributed by atoms with Gasteiger partial charge in [0.15, 0.2) is 5.13 Å². The van der Waals surface area contributed by atoms with Gasteiger partial charge < -0.3 is 10.1 Å². The fourth-order valence-corrected chi connectivity index (χ4v) is 2.86. The topological polar surface area (TPSA) is 54.5 Å². The van der Waals surface area contributed by atoms with Crippen LogP contribution in [0.5, 0.6) is 0 Å². The molecule has 0 bridgehead atoms. The molecule has 20 heavy (non-hydrogen) atoms. The van der Waals surface area contributed by atoms with Crippen LogP contribution in [0.25, 0.3) is 0 Å². The summed E-state index contributed by atoms with van der Waals surface area (Å²) in [4.78, 5) is 17.6. The van der Waals surface area contributed by atoms with Gasteiger partial charge in [-0.3, -0.25) is 9.69 Å². The highest BCUT2D eigenvalue weighted by Gasteiger charge is 2.17. The molecule has 0 saturated carbocycles. The summed E-state index contributed by atoms with van der Waals surface area (Å²) in [5.74, 6) is 0.0267. The van der Waals surface area contributed by atoms with Crippen LogP contribution in [0, 0.1) is 0 Å². The first-order chi connectivity index (χ1) is 9.39. The fourth-order valence-electron chi connectivity index (χ4n) is 1.93. The van der Waals surface area contributed by atoms with Crippen LogP contribution in [-0.2, 0) is 16.1 Å². The highest BCUT2D eigenvalue weighted by Crippen LogP contribution is 2.20. The Hall–Kier alpha value is -0.980. The molecule has 0 aliphatic carbocycles. The van der Waals surface area contributed by atoms with Crippen molar-refractivity contribution in [3.8, 4) is 0 Å². The van der Waals surface area contributed by atoms with Crippen molar-refractivity contribution in [1.29, 1.82) is 0 Å². The molecule has 1 aromatic heterocycles. The van der Waals surface area contributed by atoms with Crippen LogP contribution in [0.1, 0.15) is 40.3 Å². The van der Waals surface area contributed by atoms with Crippen molar-refractivity contribution < 1.29 is 9.53 Å². The lowest BCUT2D eigenvalue weighted by Crippen LogP contribution is -2.37. The Morgan fingerprint density at radius 1 is 1.50 bits per heavy atom. The quantitative estimate of drug-likeness (QED) is 0.801. The number of amides is 1. The summed E-state index contributed by atoms with van der Waals surface area (Å²) < 4.78 is 5.63. The van der Waals surface area contributed by atoms with Crippen LogP contribution in [0.4, 0.5) is 5.13 Å². The van der Waals surface area contributed by atoms with Crippen molar-refractivity contribution in [3.63, 3.8) is 0 Å². The number of nitrogens with one attached hydrogen (secondary N) is 1. The Morgan fingerprint density at radius 3 is 2.75 bits per heavy atom. The zero-order valence-corrected chi connectivity index (χ0v) is 13.8. The van der Waals surface area contributed by atoms with Crippen molar-refractivity contribution in [1.82, 2.24) is 10.3 Å². The van der Waals surface area contributed by atoms with Crippen molar-refractivity contribution in [3.05, 3.63) is 11.1 Å². The molecule has 6 heteroatoms. The average Bonchev–Trinajstić information content (AvgIpc) is 2.77. The van der Waals surface area contributed by atoms with Crippen molar-refractivity contribution >= 4 is 22.4 Å². The maximum absolute atomic E-state index is 11.5. The molecule has 1 heterocycles. The molecule has 1 N–H and O–H groups in total. The second-order valence-electron chi connectivity index (χ2n) is 5.18. The van der Waals surface area contributed by atoms with Gasteiger partial charge in [-0.2, -0.15) is 0 Å². The van der Waals surface area contributed by atoms with Gasteiger partial charge in [-0.15, -0.1) is 11.3 Å². The zero-order valence-electron chi connectivity index (χ0n) is 13.0. The Labute approximate surface area is 125 Å². The molecule has 1 amide bonds. The first kappa shape index (κ1) is 17.1. The summed E-state index contributed by atoms with van der Waals surface area (Å²) in [7, 11) is 0. The van der Waals surface area contributed by atoms with E-state index in [0.29, 0.717) is 19.7 Å². The molecular weight excluding hydrogens is 274 g/mol. The van der Waals surface area contributed by atoms with Gasteiger partial charge in [0.05, 0.1) is 11.3 Å². The number of carbonyl (C=O) groups is 1. The van der Waals surface area contributed by atoms with Crippen molar-refractivity contribution in [2.45, 2.75) is 46.8 Å². The molecule has 5 nitrogen and oxygen atoms in total. The van der Waals surface area contributed by atoms with E-state index >= 15 is 0 Å². The molecule has 0 atom stereocenters. The predicted molar refractivity (Wildman–Crippen MR) is 83.2 cm³/mol. The normalized spacial score (nSPS) is 11.7. The van der Waals surface area contributed by atoms with E-state index in [-0.39, 0.29) is 11.5 Å². The predicted octanol–water partition coefficient (Wildman–Crippen LogP) is 2.42. The van der Waals surface area contributed by atoms with E-state index in [1.807, 2.05) is 19.2 Å². The minimum Gasteiger partial charge on any atom is -0.375 e. The maximum atomic E-state index is 11.5. The number of thiazole rings is 1. The van der Waals surface area contributed by atoms with Gasteiger partial charge in [-0.25, -0.2) is 4.98 Å². The lowest BCUT2D eigenvalue weighted by atomic mass is 10.1. The second kappa shape index (κ2) is 7.71. The second-order valence-corrected chi connectivity index (χ2v) is 6.02. The van der Waals surface area contributed by atoms with Crippen LogP contribution >= 0.6 is 11.3 Å². The van der Waals surface area contributed by atoms with E-state index in [4.69, 9.17) is 4.74 Å². The third-order valence-electron chi connectivity index (χ3n) is 2.86. The van der Waals surface area contributed by atoms with Crippen molar-refractivity contribution in [2.75, 3.05) is 24.6 Å². The molecule has 1 aromatic rings. The van der Waals surface area contributed by atoms with Crippen molar-refractivity contribution in [2.24, 2.45) is 0 Å². The highest BCUT2D eigenvalue weighted by atomic mass is 32.1. The SMILES string of the molecule is CCOC(C)(C)CNCc1csc(N(CC)C(C)=O)n1. The van der Waals surface area contributed by atoms with E-state index in [1.165, 1.54) is 11.3 Å². The smallest absolute Gasteiger partial charge is 0.225 e. The lowest BCUT2D eigenvalue weighted by Gasteiger charge is -2.24. The third-order valence-corrected chi connectivity index (χ3v) is 3.77. The standard InChI is InChI=1S/C14H25N3O2S/c1-6-17(11(3)18)13-16-12(9-20-13)8-15-10-14(4,5)19-7-2/h9,15H,6-8,10H2,1-5H3. The molecule has 114 valence electrons. The molecule has 0 unspecified atom stereocenters. The number of carbonyl (C=O) groups excluding carboxylic acids is 1. The fraction of sp³-hybridized carbons (Fsp3) is 0.714. The van der Waals surface area contributed by atoms with Crippen LogP contribution in [0.3, 0.4) is 0 Å². The van der Waals surface area contributed by atoms with E-state index in [0.717, 1.165) is 17.4 Å². The molecule has 0 aromatic carbocycles. The largest absolute Gasteiger partial charge is 0.375 e. The van der Waals surface area contributed by atoms with Crippen LogP contribution in [-0.4, -0.2) is 36.2 Å². The van der Waals surface area contributed by atoms with E-state index in [1.54, 1.807) is 11.8 Å². The molecule has 0 radical (unpaired) electrons. The molecular formula is C14H25N3O2S. The maximum Gasteiger partial charge on any atom is 0.225 e. The highest BCUT2D eigenvalue weighted by molar-refractivity contribution is 7.14. The Balaban J connectivity index is 2.50. The van der Waals surface area contributed by atoms with Crippen LogP contribution < -0.4 is 10.2 Å². The summed E-state index contributed by atoms with van der Waals surface area (Å²) in [5.41, 5.74) is 0.777. The number of rotatable bonds is 8. The van der Waals surface area contributed by atoms with Gasteiger partial charge in [0.25, 0.3) is 0 Å². The Bertz CT molecular complexity index is 432. The molecule has 1 rings (SSSR count). The summed E-state index contributed by atoms with van der Waals surface area (Å²) in [6.45, 7) is 12.4. The first-order valence-corrected chi connectivity index (χ1v) is 7.84. The van der Waals surface area contributed by atoms with Gasteiger partial charge in [0, 0.05) is 38.5 Å². The number of anilines is 1. The first-order valence-electron chi connectivity index (χ1n) is 6.96. The van der Waals surface area contributed by atoms with E-state index in [2.05, 4.69) is 24.1 Å². The summed E-state index contributed by atoms with van der Waals surface area (Å²) >= 11 is 1.50. The molecule has 0 spiro atoms. The Kier molecular flexibility index (Phi) is 6.58. The van der Waals surface area contributed by atoms with Gasteiger partial charge >= 0.3 is 0 Å². The Morgan fingerprint density at radius 2 is 2.20 bits per heavy atom. The third kappa shape index (κ3) is 5.19.